The van der Waals surface area contributed by atoms with Crippen molar-refractivity contribution in [1.82, 2.24) is 20.0 Å². The number of hydrogen-bond acceptors (Lipinski definition) is 10. The van der Waals surface area contributed by atoms with Crippen molar-refractivity contribution < 1.29 is 34.0 Å². The molecule has 0 saturated carbocycles. The van der Waals surface area contributed by atoms with Crippen molar-refractivity contribution in [2.24, 2.45) is 16.8 Å². The van der Waals surface area contributed by atoms with E-state index in [-0.39, 0.29) is 42.1 Å². The van der Waals surface area contributed by atoms with Crippen LogP contribution in [0.4, 0.5) is 4.79 Å². The lowest BCUT2D eigenvalue weighted by molar-refractivity contribution is -0.0366. The molecule has 12 nitrogen and oxygen atoms in total. The topological polar surface area (TPSA) is 140 Å². The number of aliphatic imine (C=N–C) groups is 1. The van der Waals surface area contributed by atoms with Gasteiger partial charge in [0.1, 0.15) is 28.6 Å². The van der Waals surface area contributed by atoms with Gasteiger partial charge in [-0.2, -0.15) is 5.10 Å². The molecule has 0 spiro atoms. The van der Waals surface area contributed by atoms with E-state index in [0.717, 1.165) is 102 Å². The van der Waals surface area contributed by atoms with Gasteiger partial charge in [0.25, 0.3) is 0 Å². The number of phenolic OH excluding ortho intramolecular Hbond substituents is 2. The smallest absolute Gasteiger partial charge is 0.410 e. The summed E-state index contributed by atoms with van der Waals surface area (Å²) in [5.41, 5.74) is 6.91. The van der Waals surface area contributed by atoms with Gasteiger partial charge in [-0.1, -0.05) is 24.3 Å². The zero-order chi connectivity index (χ0) is 40.9. The van der Waals surface area contributed by atoms with Crippen molar-refractivity contribution in [2.75, 3.05) is 46.0 Å². The number of nitrogens with zero attached hydrogens (tertiary/aromatic N) is 4. The van der Waals surface area contributed by atoms with Crippen LogP contribution in [0.15, 0.2) is 84.0 Å². The van der Waals surface area contributed by atoms with Crippen LogP contribution in [0.2, 0.25) is 0 Å². The van der Waals surface area contributed by atoms with Crippen LogP contribution >= 0.6 is 12.4 Å². The van der Waals surface area contributed by atoms with Crippen molar-refractivity contribution in [3.8, 4) is 45.3 Å². The first-order chi connectivity index (χ1) is 28.6. The van der Waals surface area contributed by atoms with Gasteiger partial charge < -0.3 is 39.4 Å². The maximum atomic E-state index is 12.5. The summed E-state index contributed by atoms with van der Waals surface area (Å²) < 4.78 is 26.0. The first-order valence-electron chi connectivity index (χ1n) is 20.9. The van der Waals surface area contributed by atoms with Gasteiger partial charge in [0.05, 0.1) is 36.9 Å². The predicted molar refractivity (Wildman–Crippen MR) is 236 cm³/mol. The summed E-state index contributed by atoms with van der Waals surface area (Å²) in [5.74, 6) is 2.99. The summed E-state index contributed by atoms with van der Waals surface area (Å²) in [5, 5.41) is 28.2. The number of amides is 1. The van der Waals surface area contributed by atoms with Gasteiger partial charge in [-0.05, 0) is 136 Å². The third-order valence-electron chi connectivity index (χ3n) is 11.3. The fourth-order valence-corrected chi connectivity index (χ4v) is 8.07. The Bertz CT molecular complexity index is 2260. The molecule has 3 N–H and O–H groups in total. The highest BCUT2D eigenvalue weighted by atomic mass is 35.5. The average molecular weight is 838 g/mol. The van der Waals surface area contributed by atoms with Crippen molar-refractivity contribution in [3.63, 3.8) is 0 Å². The number of fused-ring (bicyclic) bond motifs is 2. The maximum absolute atomic E-state index is 12.5. The first-order valence-corrected chi connectivity index (χ1v) is 20.9. The number of carbonyl (C=O) groups is 1. The van der Waals surface area contributed by atoms with E-state index in [9.17, 15) is 15.0 Å². The lowest BCUT2D eigenvalue weighted by atomic mass is 9.99. The molecule has 60 heavy (non-hydrogen) atoms. The van der Waals surface area contributed by atoms with Gasteiger partial charge >= 0.3 is 6.09 Å². The predicted octanol–water partition coefficient (Wildman–Crippen LogP) is 9.15. The highest BCUT2D eigenvalue weighted by Gasteiger charge is 2.31. The average Bonchev–Trinajstić information content (AvgIpc) is 4.07. The summed E-state index contributed by atoms with van der Waals surface area (Å²) in [6, 6.07) is 22.8. The first kappa shape index (κ1) is 42.8. The number of likely N-dealkylation sites (tertiary alicyclic amines) is 1. The maximum Gasteiger partial charge on any atom is 0.410 e. The van der Waals surface area contributed by atoms with Crippen molar-refractivity contribution in [1.29, 1.82) is 0 Å². The summed E-state index contributed by atoms with van der Waals surface area (Å²) in [7, 11) is 0. The zero-order valence-electron chi connectivity index (χ0n) is 34.6. The molecule has 1 aromatic heterocycles. The summed E-state index contributed by atoms with van der Waals surface area (Å²) in [4.78, 5) is 18.6. The van der Waals surface area contributed by atoms with Crippen molar-refractivity contribution in [3.05, 3.63) is 90.1 Å². The fourth-order valence-electron chi connectivity index (χ4n) is 8.07. The molecule has 1 unspecified atom stereocenters. The minimum atomic E-state index is -0.506. The Balaban J connectivity index is 0.000000195. The molecule has 5 heterocycles. The van der Waals surface area contributed by atoms with Crippen LogP contribution in [0.25, 0.3) is 33.2 Å². The zero-order valence-corrected chi connectivity index (χ0v) is 35.5. The Morgan fingerprint density at radius 2 is 1.53 bits per heavy atom. The molecule has 4 aliphatic rings. The lowest BCUT2D eigenvalue weighted by Crippen LogP contribution is -2.35. The van der Waals surface area contributed by atoms with Crippen LogP contribution in [0.1, 0.15) is 70.2 Å². The van der Waals surface area contributed by atoms with Crippen LogP contribution in [0.3, 0.4) is 0 Å². The van der Waals surface area contributed by atoms with Gasteiger partial charge in [0, 0.05) is 49.9 Å². The highest BCUT2D eigenvalue weighted by Crippen LogP contribution is 2.37. The molecule has 0 bridgehead atoms. The van der Waals surface area contributed by atoms with Crippen LogP contribution in [-0.4, -0.2) is 88.8 Å². The Morgan fingerprint density at radius 1 is 0.850 bits per heavy atom. The molecule has 1 amide bonds. The molecule has 5 aromatic rings. The minimum Gasteiger partial charge on any atom is -0.508 e. The van der Waals surface area contributed by atoms with E-state index in [0.29, 0.717) is 32.2 Å². The molecule has 3 fully saturated rings. The van der Waals surface area contributed by atoms with Crippen LogP contribution in [0.5, 0.6) is 23.0 Å². The quantitative estimate of drug-likeness (QED) is 0.133. The second-order valence-electron chi connectivity index (χ2n) is 17.0. The number of rotatable bonds is 9. The monoisotopic (exact) mass is 837 g/mol. The standard InChI is InChI=1S/C28H35N3O5.C19H20N2O2.ClH/c1-28(2,3)36-27(33)30-12-11-19(17-30)18-35-25-15-21(20-7-9-22(32)10-8-20)14-24-23(25)16-29-31(24)26-6-4-5-13-34-26;22-17-3-1-14(2-4-17)15-7-16-10-21-11-18(16)19(8-15)23-12-13-5-6-20-9-13;/h7-10,14-16,19,26,32H,4-6,11-13,17-18H2,1-3H3;1-4,7-8,11,13,20,22H,5-6,9-10,12H2;1H/t19-,26?;13-;/m00./s1. The molecular weight excluding hydrogens is 782 g/mol. The molecule has 318 valence electrons. The van der Waals surface area contributed by atoms with E-state index in [2.05, 4.69) is 33.6 Å². The number of carbonyl (C=O) groups excluding carboxylic acids is 1. The molecule has 4 aliphatic heterocycles. The number of hydrogen-bond donors (Lipinski definition) is 3. The Hall–Kier alpha value is -5.30. The van der Waals surface area contributed by atoms with Gasteiger partial charge in [0.15, 0.2) is 6.23 Å². The van der Waals surface area contributed by atoms with Crippen molar-refractivity contribution in [2.45, 2.75) is 71.2 Å². The van der Waals surface area contributed by atoms with Crippen LogP contribution < -0.4 is 14.8 Å². The molecule has 3 saturated heterocycles. The normalized spacial score (nSPS) is 19.6. The Kier molecular flexibility index (Phi) is 13.5. The summed E-state index contributed by atoms with van der Waals surface area (Å²) in [6.45, 7) is 11.7. The SMILES string of the molecule is CC(C)(C)OC(=O)N1CC[C@H](COc2cc(-c3ccc(O)cc3)cc3c2cnn3C2CCCCO2)C1.Cl.Oc1ccc(-c2cc3c(c(OC[C@H]4CCNC4)c2)C=NC3)cc1. The Labute approximate surface area is 357 Å². The van der Waals surface area contributed by atoms with Gasteiger partial charge in [0.2, 0.25) is 0 Å². The Morgan fingerprint density at radius 3 is 2.20 bits per heavy atom. The molecular formula is C47H56ClN5O7. The molecule has 13 heteroatoms. The van der Waals surface area contributed by atoms with Crippen molar-refractivity contribution >= 4 is 35.6 Å². The van der Waals surface area contributed by atoms with E-state index < -0.39 is 5.60 Å². The lowest BCUT2D eigenvalue weighted by Gasteiger charge is -2.24. The number of aromatic nitrogens is 2. The number of nitrogens with one attached hydrogen (secondary N) is 1. The van der Waals surface area contributed by atoms with Crippen LogP contribution in [-0.2, 0) is 16.0 Å². The number of phenols is 2. The summed E-state index contributed by atoms with van der Waals surface area (Å²) >= 11 is 0. The van der Waals surface area contributed by atoms with E-state index in [1.807, 2.05) is 68.2 Å². The number of halogens is 1. The van der Waals surface area contributed by atoms with Gasteiger partial charge in [-0.15, -0.1) is 12.4 Å². The summed E-state index contributed by atoms with van der Waals surface area (Å²) in [6.07, 6.45) is 8.57. The molecule has 4 aromatic carbocycles. The molecule has 0 aliphatic carbocycles. The van der Waals surface area contributed by atoms with Gasteiger partial charge in [-0.3, -0.25) is 4.99 Å². The highest BCUT2D eigenvalue weighted by molar-refractivity contribution is 5.91. The molecule has 0 radical (unpaired) electrons. The van der Waals surface area contributed by atoms with E-state index in [4.69, 9.17) is 18.9 Å². The number of aromatic hydroxyl groups is 2. The van der Waals surface area contributed by atoms with E-state index >= 15 is 0 Å². The third kappa shape index (κ3) is 10.3. The van der Waals surface area contributed by atoms with E-state index in [1.165, 1.54) is 12.0 Å². The van der Waals surface area contributed by atoms with E-state index in [1.54, 1.807) is 29.2 Å². The molecule has 3 atom stereocenters. The number of ether oxygens (including phenoxy) is 4. The number of benzene rings is 4. The fraction of sp³-hybridized carbons (Fsp3) is 0.426. The minimum absolute atomic E-state index is 0. The second kappa shape index (κ2) is 19.0. The largest absolute Gasteiger partial charge is 0.508 e. The third-order valence-corrected chi connectivity index (χ3v) is 11.3. The van der Waals surface area contributed by atoms with Crippen LogP contribution in [0, 0.1) is 11.8 Å². The van der Waals surface area contributed by atoms with Gasteiger partial charge in [-0.25, -0.2) is 9.48 Å². The second-order valence-corrected chi connectivity index (χ2v) is 17.0. The molecule has 9 rings (SSSR count).